The summed E-state index contributed by atoms with van der Waals surface area (Å²) in [4.78, 5) is 6.05. The van der Waals surface area contributed by atoms with Crippen LogP contribution in [0.5, 0.6) is 5.75 Å². The second-order valence-corrected chi connectivity index (χ2v) is 8.02. The van der Waals surface area contributed by atoms with E-state index in [1.165, 1.54) is 24.3 Å². The number of alkyl halides is 3. The first-order chi connectivity index (χ1) is 15.7. The van der Waals surface area contributed by atoms with Gasteiger partial charge in [0.1, 0.15) is 17.6 Å². The summed E-state index contributed by atoms with van der Waals surface area (Å²) in [6.07, 6.45) is -3.19. The quantitative estimate of drug-likeness (QED) is 0.491. The normalized spacial score (nSPS) is 15.1. The van der Waals surface area contributed by atoms with E-state index in [9.17, 15) is 22.8 Å². The van der Waals surface area contributed by atoms with Gasteiger partial charge in [0.25, 0.3) is 0 Å². The van der Waals surface area contributed by atoms with Crippen LogP contribution in [0.2, 0.25) is 5.02 Å². The fraction of sp³-hybridized carbons (Fsp3) is 0.318. The van der Waals surface area contributed by atoms with Gasteiger partial charge in [-0.3, -0.25) is 4.90 Å². The summed E-state index contributed by atoms with van der Waals surface area (Å²) >= 11 is 6.36. The molecule has 2 aromatic heterocycles. The lowest BCUT2D eigenvalue weighted by Gasteiger charge is -2.29. The van der Waals surface area contributed by atoms with Gasteiger partial charge < -0.3 is 4.74 Å². The molecule has 1 aliphatic heterocycles. The molecular formula is C22H18ClF4N5O. The number of rotatable bonds is 5. The molecule has 33 heavy (non-hydrogen) atoms. The predicted octanol–water partition coefficient (Wildman–Crippen LogP) is 4.82. The van der Waals surface area contributed by atoms with Crippen molar-refractivity contribution in [3.05, 3.63) is 69.9 Å². The van der Waals surface area contributed by atoms with Crippen LogP contribution >= 0.6 is 11.6 Å². The van der Waals surface area contributed by atoms with Crippen molar-refractivity contribution >= 4 is 11.6 Å². The minimum Gasteiger partial charge on any atom is -0.481 e. The first-order valence-corrected chi connectivity index (χ1v) is 10.4. The Kier molecular flexibility index (Phi) is 6.28. The van der Waals surface area contributed by atoms with Crippen molar-refractivity contribution in [2.24, 2.45) is 0 Å². The third kappa shape index (κ3) is 4.79. The van der Waals surface area contributed by atoms with Crippen molar-refractivity contribution < 1.29 is 22.3 Å². The summed E-state index contributed by atoms with van der Waals surface area (Å²) in [6, 6.07) is 7.48. The largest absolute Gasteiger partial charge is 0.481 e. The molecule has 0 amide bonds. The summed E-state index contributed by atoms with van der Waals surface area (Å²) in [5.41, 5.74) is 2.31. The second-order valence-electron chi connectivity index (χ2n) is 7.64. The van der Waals surface area contributed by atoms with Crippen LogP contribution in [0.3, 0.4) is 0 Å². The smallest absolute Gasteiger partial charge is 0.425 e. The van der Waals surface area contributed by atoms with Gasteiger partial charge in [-0.15, -0.1) is 0 Å². The predicted molar refractivity (Wildman–Crippen MR) is 111 cm³/mol. The number of pyridine rings is 1. The molecule has 6 nitrogen and oxygen atoms in total. The number of fused-ring (bicyclic) bond motifs is 1. The molecule has 1 aromatic carbocycles. The van der Waals surface area contributed by atoms with E-state index in [0.717, 1.165) is 24.4 Å². The Labute approximate surface area is 192 Å². The van der Waals surface area contributed by atoms with Gasteiger partial charge in [-0.25, -0.2) is 14.1 Å². The number of aromatic nitrogens is 3. The van der Waals surface area contributed by atoms with Crippen LogP contribution in [0.25, 0.3) is 5.82 Å². The molecule has 0 aliphatic carbocycles. The molecule has 1 aliphatic rings. The molecule has 11 heteroatoms. The van der Waals surface area contributed by atoms with Gasteiger partial charge >= 0.3 is 6.18 Å². The molecule has 0 fully saturated rings. The lowest BCUT2D eigenvalue weighted by atomic mass is 10.1. The van der Waals surface area contributed by atoms with E-state index >= 15 is 0 Å². The van der Waals surface area contributed by atoms with Crippen LogP contribution in [-0.2, 0) is 19.5 Å². The van der Waals surface area contributed by atoms with Crippen molar-refractivity contribution in [1.29, 1.82) is 5.26 Å². The fourth-order valence-corrected chi connectivity index (χ4v) is 3.90. The minimum atomic E-state index is -4.54. The van der Waals surface area contributed by atoms with Gasteiger partial charge in [0.2, 0.25) is 0 Å². The number of benzene rings is 1. The molecule has 0 saturated heterocycles. The lowest BCUT2D eigenvalue weighted by molar-refractivity contribution is -0.189. The maximum Gasteiger partial charge on any atom is 0.425 e. The molecule has 0 bridgehead atoms. The van der Waals surface area contributed by atoms with Crippen molar-refractivity contribution in [3.63, 3.8) is 0 Å². The number of hydrogen-bond donors (Lipinski definition) is 0. The molecule has 0 saturated carbocycles. The van der Waals surface area contributed by atoms with Gasteiger partial charge in [0.05, 0.1) is 28.7 Å². The Morgan fingerprint density at radius 1 is 1.24 bits per heavy atom. The zero-order chi connectivity index (χ0) is 23.8. The number of ether oxygens (including phenoxy) is 1. The van der Waals surface area contributed by atoms with Gasteiger partial charge in [-0.05, 0) is 31.2 Å². The van der Waals surface area contributed by atoms with Crippen LogP contribution < -0.4 is 4.74 Å². The highest BCUT2D eigenvalue weighted by Crippen LogP contribution is 2.35. The Morgan fingerprint density at radius 3 is 2.70 bits per heavy atom. The first-order valence-electron chi connectivity index (χ1n) is 10.0. The van der Waals surface area contributed by atoms with Crippen LogP contribution in [-0.4, -0.2) is 38.5 Å². The van der Waals surface area contributed by atoms with E-state index in [-0.39, 0.29) is 22.9 Å². The zero-order valence-corrected chi connectivity index (χ0v) is 18.2. The van der Waals surface area contributed by atoms with Crippen molar-refractivity contribution in [2.75, 3.05) is 6.54 Å². The Bertz CT molecular complexity index is 1200. The number of nitriles is 1. The molecule has 172 valence electrons. The highest BCUT2D eigenvalue weighted by atomic mass is 35.5. The molecule has 0 N–H and O–H groups in total. The molecular weight excluding hydrogens is 462 g/mol. The molecule has 4 rings (SSSR count). The average Bonchev–Trinajstić information content (AvgIpc) is 3.19. The zero-order valence-electron chi connectivity index (χ0n) is 17.4. The molecule has 1 atom stereocenters. The van der Waals surface area contributed by atoms with Crippen LogP contribution in [0.15, 0.2) is 36.7 Å². The molecule has 3 heterocycles. The summed E-state index contributed by atoms with van der Waals surface area (Å²) in [5.74, 6) is 0.0359. The standard InChI is InChI=1S/C22H18ClF4N5O/c1-13(22(25,26)27)33-19-4-2-14(8-28)21(23)17(19)12-31-7-6-18-15(11-31)9-30-32(18)20-5-3-16(24)10-29-20/h2-5,9-10,13H,6-7,11-12H2,1H3. The third-order valence-corrected chi connectivity index (χ3v) is 5.84. The van der Waals surface area contributed by atoms with E-state index in [0.29, 0.717) is 30.9 Å². The first kappa shape index (κ1) is 23.0. The summed E-state index contributed by atoms with van der Waals surface area (Å²) < 4.78 is 59.1. The topological polar surface area (TPSA) is 67.0 Å². The Morgan fingerprint density at radius 2 is 2.03 bits per heavy atom. The molecule has 3 aromatic rings. The van der Waals surface area contributed by atoms with E-state index in [2.05, 4.69) is 10.1 Å². The van der Waals surface area contributed by atoms with Crippen LogP contribution in [0.1, 0.15) is 29.3 Å². The Hall–Kier alpha value is -3.16. The van der Waals surface area contributed by atoms with Crippen molar-refractivity contribution in [2.45, 2.75) is 38.7 Å². The SMILES string of the molecule is CC(Oc1ccc(C#N)c(Cl)c1CN1CCc2c(cnn2-c2ccc(F)cn2)C1)C(F)(F)F. The maximum atomic E-state index is 13.2. The third-order valence-electron chi connectivity index (χ3n) is 5.41. The number of nitrogens with zero attached hydrogens (tertiary/aromatic N) is 5. The van der Waals surface area contributed by atoms with Gasteiger partial charge in [-0.1, -0.05) is 11.6 Å². The van der Waals surface area contributed by atoms with Crippen molar-refractivity contribution in [3.8, 4) is 17.6 Å². The van der Waals surface area contributed by atoms with Crippen molar-refractivity contribution in [1.82, 2.24) is 19.7 Å². The van der Waals surface area contributed by atoms with E-state index in [4.69, 9.17) is 16.3 Å². The lowest BCUT2D eigenvalue weighted by Crippen LogP contribution is -2.33. The van der Waals surface area contributed by atoms with Gasteiger partial charge in [0.15, 0.2) is 11.9 Å². The van der Waals surface area contributed by atoms with E-state index in [1.54, 1.807) is 10.9 Å². The fourth-order valence-electron chi connectivity index (χ4n) is 3.64. The average molecular weight is 480 g/mol. The van der Waals surface area contributed by atoms with Crippen LogP contribution in [0.4, 0.5) is 17.6 Å². The highest BCUT2D eigenvalue weighted by molar-refractivity contribution is 6.32. The number of halogens is 5. The van der Waals surface area contributed by atoms with Gasteiger partial charge in [-0.2, -0.15) is 23.5 Å². The summed E-state index contributed by atoms with van der Waals surface area (Å²) in [7, 11) is 0. The van der Waals surface area contributed by atoms with E-state index in [1.807, 2.05) is 11.0 Å². The van der Waals surface area contributed by atoms with Crippen LogP contribution in [0, 0.1) is 17.1 Å². The minimum absolute atomic E-state index is 0.0131. The highest BCUT2D eigenvalue weighted by Gasteiger charge is 2.38. The second kappa shape index (κ2) is 9.00. The summed E-state index contributed by atoms with van der Waals surface area (Å²) in [5, 5.41) is 13.7. The van der Waals surface area contributed by atoms with Gasteiger partial charge in [0, 0.05) is 37.2 Å². The maximum absolute atomic E-state index is 13.2. The molecule has 1 unspecified atom stereocenters. The monoisotopic (exact) mass is 479 g/mol. The number of hydrogen-bond acceptors (Lipinski definition) is 5. The Balaban J connectivity index is 1.58. The van der Waals surface area contributed by atoms with E-state index < -0.39 is 18.1 Å². The molecule has 0 radical (unpaired) electrons. The summed E-state index contributed by atoms with van der Waals surface area (Å²) in [6.45, 7) is 2.12. The molecule has 0 spiro atoms.